The molecule has 82 valence electrons. The van der Waals surface area contributed by atoms with Gasteiger partial charge in [0, 0.05) is 5.75 Å². The molecular weight excluding hydrogens is 210 g/mol. The second-order valence-corrected chi connectivity index (χ2v) is 3.97. The minimum Gasteiger partial charge on any atom is -0.453 e. The Morgan fingerprint density at radius 2 is 2.13 bits per heavy atom. The number of hydrogen-bond donors (Lipinski definition) is 1. The molecule has 0 radical (unpaired) electrons. The summed E-state index contributed by atoms with van der Waals surface area (Å²) in [7, 11) is 1.37. The van der Waals surface area contributed by atoms with Gasteiger partial charge < -0.3 is 10.1 Å². The van der Waals surface area contributed by atoms with Gasteiger partial charge in [-0.15, -0.1) is 0 Å². The molecule has 1 aromatic rings. The monoisotopic (exact) mass is 225 g/mol. The predicted molar refractivity (Wildman–Crippen MR) is 63.1 cm³/mol. The summed E-state index contributed by atoms with van der Waals surface area (Å²) in [5, 5.41) is 2.80. The molecule has 1 aromatic carbocycles. The van der Waals surface area contributed by atoms with Crippen molar-refractivity contribution in [2.75, 3.05) is 19.1 Å². The van der Waals surface area contributed by atoms with Gasteiger partial charge in [0.1, 0.15) is 0 Å². The predicted octanol–water partition coefficient (Wildman–Crippen LogP) is 2.45. The lowest BCUT2D eigenvalue weighted by molar-refractivity contribution is 0.167. The summed E-state index contributed by atoms with van der Waals surface area (Å²) in [5.41, 5.74) is 1.09. The van der Waals surface area contributed by atoms with Crippen molar-refractivity contribution < 1.29 is 9.53 Å². The molecule has 0 saturated heterocycles. The Hall–Kier alpha value is -1.16. The second kappa shape index (κ2) is 6.35. The summed E-state index contributed by atoms with van der Waals surface area (Å²) in [6.07, 6.45) is 1.62. The van der Waals surface area contributed by atoms with E-state index in [9.17, 15) is 4.79 Å². The van der Waals surface area contributed by atoms with Crippen molar-refractivity contribution in [1.29, 1.82) is 0 Å². The third kappa shape index (κ3) is 3.83. The Morgan fingerprint density at radius 3 is 2.67 bits per heavy atom. The summed E-state index contributed by atoms with van der Waals surface area (Å²) in [6, 6.07) is 9.88. The highest BCUT2D eigenvalue weighted by Crippen LogP contribution is 2.16. The molecule has 1 amide bonds. The Kier molecular flexibility index (Phi) is 5.04. The van der Waals surface area contributed by atoms with Gasteiger partial charge in [-0.3, -0.25) is 0 Å². The van der Waals surface area contributed by atoms with Gasteiger partial charge in [-0.1, -0.05) is 30.3 Å². The van der Waals surface area contributed by atoms with Gasteiger partial charge in [-0.25, -0.2) is 4.79 Å². The van der Waals surface area contributed by atoms with E-state index in [4.69, 9.17) is 0 Å². The van der Waals surface area contributed by atoms with Crippen LogP contribution >= 0.6 is 11.8 Å². The van der Waals surface area contributed by atoms with Crippen LogP contribution in [0.2, 0.25) is 0 Å². The maximum Gasteiger partial charge on any atom is 0.407 e. The lowest BCUT2D eigenvalue weighted by Gasteiger charge is -2.17. The molecule has 4 heteroatoms. The molecule has 1 atom stereocenters. The molecule has 0 aromatic heterocycles. The minimum atomic E-state index is -0.391. The molecule has 0 saturated carbocycles. The summed E-state index contributed by atoms with van der Waals surface area (Å²) < 4.78 is 4.59. The standard InChI is InChI=1S/C11H15NO2S/c1-14-11(13)12-10(8-15-2)9-6-4-3-5-7-9/h3-7,10H,8H2,1-2H3,(H,12,13). The van der Waals surface area contributed by atoms with Gasteiger partial charge in [0.05, 0.1) is 13.2 Å². The molecular formula is C11H15NO2S. The maximum absolute atomic E-state index is 11.1. The summed E-state index contributed by atoms with van der Waals surface area (Å²) in [4.78, 5) is 11.1. The lowest BCUT2D eigenvalue weighted by Crippen LogP contribution is -2.29. The average Bonchev–Trinajstić information content (AvgIpc) is 2.29. The molecule has 1 rings (SSSR count). The number of thioether (sulfide) groups is 1. The molecule has 15 heavy (non-hydrogen) atoms. The fourth-order valence-electron chi connectivity index (χ4n) is 1.27. The zero-order valence-electron chi connectivity index (χ0n) is 8.90. The van der Waals surface area contributed by atoms with Gasteiger partial charge in [0.2, 0.25) is 0 Å². The van der Waals surface area contributed by atoms with Crippen LogP contribution in [0.1, 0.15) is 11.6 Å². The Bertz CT molecular complexity index is 303. The fourth-order valence-corrected chi connectivity index (χ4v) is 1.88. The number of carbonyl (C=O) groups is 1. The third-order valence-electron chi connectivity index (χ3n) is 2.01. The number of carbonyl (C=O) groups excluding carboxylic acids is 1. The number of benzene rings is 1. The molecule has 0 aliphatic heterocycles. The van der Waals surface area contributed by atoms with E-state index in [2.05, 4.69) is 10.1 Å². The number of hydrogen-bond acceptors (Lipinski definition) is 3. The van der Waals surface area contributed by atoms with E-state index in [0.29, 0.717) is 0 Å². The normalized spacial score (nSPS) is 11.9. The molecule has 0 spiro atoms. The van der Waals surface area contributed by atoms with Crippen LogP contribution in [0.5, 0.6) is 0 Å². The Labute approximate surface area is 94.2 Å². The average molecular weight is 225 g/mol. The molecule has 0 fully saturated rings. The first-order valence-electron chi connectivity index (χ1n) is 4.66. The fraction of sp³-hybridized carbons (Fsp3) is 0.364. The smallest absolute Gasteiger partial charge is 0.407 e. The van der Waals surface area contributed by atoms with Gasteiger partial charge in [0.25, 0.3) is 0 Å². The Morgan fingerprint density at radius 1 is 1.47 bits per heavy atom. The van der Waals surface area contributed by atoms with Crippen molar-refractivity contribution in [2.45, 2.75) is 6.04 Å². The SMILES string of the molecule is COC(=O)NC(CSC)c1ccccc1. The molecule has 0 heterocycles. The van der Waals surface area contributed by atoms with E-state index in [1.165, 1.54) is 7.11 Å². The van der Waals surface area contributed by atoms with Crippen molar-refractivity contribution >= 4 is 17.9 Å². The number of ether oxygens (including phenoxy) is 1. The van der Waals surface area contributed by atoms with E-state index < -0.39 is 6.09 Å². The molecule has 0 aliphatic rings. The summed E-state index contributed by atoms with van der Waals surface area (Å²) in [5.74, 6) is 0.832. The van der Waals surface area contributed by atoms with Crippen LogP contribution in [0.3, 0.4) is 0 Å². The number of nitrogens with one attached hydrogen (secondary N) is 1. The second-order valence-electron chi connectivity index (χ2n) is 3.05. The topological polar surface area (TPSA) is 38.3 Å². The van der Waals surface area contributed by atoms with E-state index in [1.54, 1.807) is 11.8 Å². The van der Waals surface area contributed by atoms with Gasteiger partial charge in [0.15, 0.2) is 0 Å². The highest BCUT2D eigenvalue weighted by molar-refractivity contribution is 7.98. The van der Waals surface area contributed by atoms with Crippen LogP contribution in [0, 0.1) is 0 Å². The zero-order valence-corrected chi connectivity index (χ0v) is 9.71. The highest BCUT2D eigenvalue weighted by Gasteiger charge is 2.13. The van der Waals surface area contributed by atoms with Gasteiger partial charge in [-0.2, -0.15) is 11.8 Å². The number of rotatable bonds is 4. The third-order valence-corrected chi connectivity index (χ3v) is 2.68. The van der Waals surface area contributed by atoms with Gasteiger partial charge in [-0.05, 0) is 11.8 Å². The van der Waals surface area contributed by atoms with Crippen LogP contribution in [0.4, 0.5) is 4.79 Å². The van der Waals surface area contributed by atoms with E-state index in [0.717, 1.165) is 11.3 Å². The first-order chi connectivity index (χ1) is 7.27. The zero-order chi connectivity index (χ0) is 11.1. The van der Waals surface area contributed by atoms with Crippen molar-refractivity contribution in [1.82, 2.24) is 5.32 Å². The van der Waals surface area contributed by atoms with E-state index in [1.807, 2.05) is 36.6 Å². The van der Waals surface area contributed by atoms with Crippen molar-refractivity contribution in [3.63, 3.8) is 0 Å². The Balaban J connectivity index is 2.70. The molecule has 3 nitrogen and oxygen atoms in total. The van der Waals surface area contributed by atoms with E-state index >= 15 is 0 Å². The van der Waals surface area contributed by atoms with Crippen LogP contribution in [0.15, 0.2) is 30.3 Å². The quantitative estimate of drug-likeness (QED) is 0.855. The molecule has 1 unspecified atom stereocenters. The summed E-state index contributed by atoms with van der Waals surface area (Å²) >= 11 is 1.69. The highest BCUT2D eigenvalue weighted by atomic mass is 32.2. The van der Waals surface area contributed by atoms with Crippen LogP contribution in [0.25, 0.3) is 0 Å². The van der Waals surface area contributed by atoms with Crippen molar-refractivity contribution in [3.05, 3.63) is 35.9 Å². The summed E-state index contributed by atoms with van der Waals surface area (Å²) in [6.45, 7) is 0. The number of methoxy groups -OCH3 is 1. The van der Waals surface area contributed by atoms with Crippen molar-refractivity contribution in [2.24, 2.45) is 0 Å². The molecule has 1 N–H and O–H groups in total. The molecule has 0 aliphatic carbocycles. The van der Waals surface area contributed by atoms with Crippen LogP contribution in [-0.4, -0.2) is 25.2 Å². The lowest BCUT2D eigenvalue weighted by atomic mass is 10.1. The van der Waals surface area contributed by atoms with Crippen LogP contribution in [-0.2, 0) is 4.74 Å². The van der Waals surface area contributed by atoms with Gasteiger partial charge >= 0.3 is 6.09 Å². The van der Waals surface area contributed by atoms with Crippen molar-refractivity contribution in [3.8, 4) is 0 Å². The number of amides is 1. The first kappa shape index (κ1) is 11.9. The first-order valence-corrected chi connectivity index (χ1v) is 6.05. The largest absolute Gasteiger partial charge is 0.453 e. The van der Waals surface area contributed by atoms with Crippen LogP contribution < -0.4 is 5.32 Å². The minimum absolute atomic E-state index is 0.00801. The van der Waals surface area contributed by atoms with E-state index in [-0.39, 0.29) is 6.04 Å². The molecule has 0 bridgehead atoms. The maximum atomic E-state index is 11.1. The number of alkyl carbamates (subject to hydrolysis) is 1.